The van der Waals surface area contributed by atoms with Crippen molar-refractivity contribution in [3.05, 3.63) is 22.8 Å². The van der Waals surface area contributed by atoms with Gasteiger partial charge in [0.15, 0.2) is 0 Å². The van der Waals surface area contributed by atoms with Crippen molar-refractivity contribution in [1.29, 1.82) is 0 Å². The van der Waals surface area contributed by atoms with Crippen LogP contribution in [0.3, 0.4) is 0 Å². The molecular formula is C14H17ClN2O2. The average Bonchev–Trinajstić information content (AvgIpc) is 3.23. The van der Waals surface area contributed by atoms with Gasteiger partial charge >= 0.3 is 5.97 Å². The van der Waals surface area contributed by atoms with Gasteiger partial charge in [0.1, 0.15) is 5.82 Å². The first-order valence-electron chi connectivity index (χ1n) is 6.78. The minimum atomic E-state index is -0.994. The van der Waals surface area contributed by atoms with Crippen LogP contribution < -0.4 is 4.90 Å². The van der Waals surface area contributed by atoms with Crippen LogP contribution in [-0.4, -0.2) is 29.1 Å². The molecule has 0 atom stereocenters. The Balaban J connectivity index is 1.86. The van der Waals surface area contributed by atoms with E-state index < -0.39 is 5.97 Å². The van der Waals surface area contributed by atoms with Gasteiger partial charge in [-0.2, -0.15) is 0 Å². The van der Waals surface area contributed by atoms with Gasteiger partial charge in [0.2, 0.25) is 0 Å². The SMILES string of the molecule is O=C(O)c1ccnc(N(CC2CC2)CC2CC2)c1Cl. The van der Waals surface area contributed by atoms with Gasteiger partial charge in [-0.05, 0) is 43.6 Å². The molecule has 0 amide bonds. The average molecular weight is 281 g/mol. The maximum absolute atomic E-state index is 11.1. The number of halogens is 1. The van der Waals surface area contributed by atoms with Crippen molar-refractivity contribution in [3.63, 3.8) is 0 Å². The lowest BCUT2D eigenvalue weighted by atomic mass is 10.2. The minimum Gasteiger partial charge on any atom is -0.478 e. The monoisotopic (exact) mass is 280 g/mol. The summed E-state index contributed by atoms with van der Waals surface area (Å²) in [5.41, 5.74) is 0.142. The number of carboxylic acids is 1. The summed E-state index contributed by atoms with van der Waals surface area (Å²) >= 11 is 6.22. The molecule has 1 aromatic heterocycles. The van der Waals surface area contributed by atoms with Gasteiger partial charge in [0.05, 0.1) is 10.6 Å². The third kappa shape index (κ3) is 3.00. The number of hydrogen-bond donors (Lipinski definition) is 1. The Kier molecular flexibility index (Phi) is 3.35. The number of aromatic nitrogens is 1. The predicted molar refractivity (Wildman–Crippen MR) is 73.9 cm³/mol. The normalized spacial score (nSPS) is 18.4. The third-order valence-corrected chi connectivity index (χ3v) is 4.12. The molecule has 0 bridgehead atoms. The molecule has 0 aromatic carbocycles. The van der Waals surface area contributed by atoms with E-state index in [9.17, 15) is 4.79 Å². The van der Waals surface area contributed by atoms with Crippen molar-refractivity contribution >= 4 is 23.4 Å². The highest BCUT2D eigenvalue weighted by Gasteiger charge is 2.31. The van der Waals surface area contributed by atoms with E-state index in [0.29, 0.717) is 5.82 Å². The number of hydrogen-bond acceptors (Lipinski definition) is 3. The molecule has 0 spiro atoms. The fraction of sp³-hybridized carbons (Fsp3) is 0.571. The van der Waals surface area contributed by atoms with E-state index in [4.69, 9.17) is 16.7 Å². The van der Waals surface area contributed by atoms with Crippen molar-refractivity contribution in [2.45, 2.75) is 25.7 Å². The fourth-order valence-corrected chi connectivity index (χ4v) is 2.60. The predicted octanol–water partition coefficient (Wildman–Crippen LogP) is 3.06. The van der Waals surface area contributed by atoms with Crippen LogP contribution in [0.1, 0.15) is 36.0 Å². The van der Waals surface area contributed by atoms with Gasteiger partial charge in [0, 0.05) is 19.3 Å². The summed E-state index contributed by atoms with van der Waals surface area (Å²) in [6.45, 7) is 1.90. The first-order valence-corrected chi connectivity index (χ1v) is 7.15. The number of pyridine rings is 1. The third-order valence-electron chi connectivity index (χ3n) is 3.75. The Morgan fingerprint density at radius 1 is 1.32 bits per heavy atom. The van der Waals surface area contributed by atoms with E-state index >= 15 is 0 Å². The first kappa shape index (κ1) is 12.7. The van der Waals surface area contributed by atoms with Crippen LogP contribution >= 0.6 is 11.6 Å². The van der Waals surface area contributed by atoms with E-state index in [1.54, 1.807) is 0 Å². The molecule has 3 rings (SSSR count). The minimum absolute atomic E-state index is 0.142. The molecule has 1 aromatic rings. The van der Waals surface area contributed by atoms with Crippen LogP contribution in [-0.2, 0) is 0 Å². The summed E-state index contributed by atoms with van der Waals surface area (Å²) in [5, 5.41) is 9.40. The summed E-state index contributed by atoms with van der Waals surface area (Å²) in [5.74, 6) is 1.10. The van der Waals surface area contributed by atoms with E-state index in [0.717, 1.165) is 24.9 Å². The van der Waals surface area contributed by atoms with Gasteiger partial charge < -0.3 is 10.0 Å². The molecule has 102 valence electrons. The molecular weight excluding hydrogens is 264 g/mol. The van der Waals surface area contributed by atoms with Crippen LogP contribution in [0.2, 0.25) is 5.02 Å². The van der Waals surface area contributed by atoms with Gasteiger partial charge in [-0.15, -0.1) is 0 Å². The largest absolute Gasteiger partial charge is 0.478 e. The Bertz CT molecular complexity index is 484. The van der Waals surface area contributed by atoms with Crippen molar-refractivity contribution < 1.29 is 9.90 Å². The zero-order valence-electron chi connectivity index (χ0n) is 10.7. The molecule has 0 unspecified atom stereocenters. The van der Waals surface area contributed by atoms with Crippen molar-refractivity contribution in [1.82, 2.24) is 4.98 Å². The van der Waals surface area contributed by atoms with Crippen LogP contribution in [0.5, 0.6) is 0 Å². The van der Waals surface area contributed by atoms with Gasteiger partial charge in [-0.3, -0.25) is 0 Å². The van der Waals surface area contributed by atoms with E-state index in [-0.39, 0.29) is 10.6 Å². The molecule has 19 heavy (non-hydrogen) atoms. The standard InChI is InChI=1S/C14H17ClN2O2/c15-12-11(14(18)19)5-6-16-13(12)17(7-9-1-2-9)8-10-3-4-10/h5-6,9-10H,1-4,7-8H2,(H,18,19). The van der Waals surface area contributed by atoms with Crippen LogP contribution in [0, 0.1) is 11.8 Å². The molecule has 2 aliphatic carbocycles. The highest BCUT2D eigenvalue weighted by Crippen LogP contribution is 2.37. The van der Waals surface area contributed by atoms with E-state index in [1.807, 2.05) is 0 Å². The molecule has 2 aliphatic rings. The number of rotatable bonds is 6. The van der Waals surface area contributed by atoms with Crippen LogP contribution in [0.15, 0.2) is 12.3 Å². The second kappa shape index (κ2) is 5.00. The van der Waals surface area contributed by atoms with E-state index in [1.165, 1.54) is 37.9 Å². The summed E-state index contributed by atoms with van der Waals surface area (Å²) in [6.07, 6.45) is 6.58. The molecule has 0 aliphatic heterocycles. The zero-order valence-corrected chi connectivity index (χ0v) is 11.4. The molecule has 2 fully saturated rings. The summed E-state index contributed by atoms with van der Waals surface area (Å²) in [6, 6.07) is 1.46. The van der Waals surface area contributed by atoms with Gasteiger partial charge in [-0.25, -0.2) is 9.78 Å². The maximum Gasteiger partial charge on any atom is 0.337 e. The Morgan fingerprint density at radius 2 is 1.89 bits per heavy atom. The molecule has 1 N–H and O–H groups in total. The van der Waals surface area contributed by atoms with Crippen molar-refractivity contribution in [2.75, 3.05) is 18.0 Å². The lowest BCUT2D eigenvalue weighted by Gasteiger charge is -2.25. The number of carbonyl (C=O) groups is 1. The summed E-state index contributed by atoms with van der Waals surface area (Å²) in [4.78, 5) is 17.6. The molecule has 2 saturated carbocycles. The maximum atomic E-state index is 11.1. The van der Waals surface area contributed by atoms with Crippen LogP contribution in [0.4, 0.5) is 5.82 Å². The molecule has 4 nitrogen and oxygen atoms in total. The Morgan fingerprint density at radius 3 is 2.37 bits per heavy atom. The fourth-order valence-electron chi connectivity index (χ4n) is 2.29. The van der Waals surface area contributed by atoms with Gasteiger partial charge in [0.25, 0.3) is 0 Å². The second-order valence-electron chi connectivity index (χ2n) is 5.59. The lowest BCUT2D eigenvalue weighted by molar-refractivity contribution is 0.0697. The van der Waals surface area contributed by atoms with Crippen molar-refractivity contribution in [2.24, 2.45) is 11.8 Å². The summed E-state index contributed by atoms with van der Waals surface area (Å²) < 4.78 is 0. The molecule has 0 radical (unpaired) electrons. The van der Waals surface area contributed by atoms with E-state index in [2.05, 4.69) is 9.88 Å². The first-order chi connectivity index (χ1) is 9.15. The Hall–Kier alpha value is -1.29. The summed E-state index contributed by atoms with van der Waals surface area (Å²) in [7, 11) is 0. The van der Waals surface area contributed by atoms with Crippen molar-refractivity contribution in [3.8, 4) is 0 Å². The van der Waals surface area contributed by atoms with Gasteiger partial charge in [-0.1, -0.05) is 11.6 Å². The smallest absolute Gasteiger partial charge is 0.337 e. The molecule has 0 saturated heterocycles. The number of nitrogens with zero attached hydrogens (tertiary/aromatic N) is 2. The molecule has 5 heteroatoms. The lowest BCUT2D eigenvalue weighted by Crippen LogP contribution is -2.29. The Labute approximate surface area is 117 Å². The quantitative estimate of drug-likeness (QED) is 0.870. The number of anilines is 1. The number of aromatic carboxylic acids is 1. The highest BCUT2D eigenvalue weighted by molar-refractivity contribution is 6.35. The van der Waals surface area contributed by atoms with Crippen LogP contribution in [0.25, 0.3) is 0 Å². The highest BCUT2D eigenvalue weighted by atomic mass is 35.5. The number of carboxylic acid groups (broad SMARTS) is 1. The second-order valence-corrected chi connectivity index (χ2v) is 5.97. The molecule has 1 heterocycles. The zero-order chi connectivity index (χ0) is 13.4. The topological polar surface area (TPSA) is 53.4 Å².